The van der Waals surface area contributed by atoms with Gasteiger partial charge in [-0.25, -0.2) is 9.78 Å². The molecule has 8 nitrogen and oxygen atoms in total. The van der Waals surface area contributed by atoms with Gasteiger partial charge < -0.3 is 19.5 Å². The van der Waals surface area contributed by atoms with E-state index >= 15 is 0 Å². The lowest BCUT2D eigenvalue weighted by Gasteiger charge is -2.31. The quantitative estimate of drug-likeness (QED) is 0.691. The number of hydrogen-bond donors (Lipinski definition) is 2. The van der Waals surface area contributed by atoms with Gasteiger partial charge in [0.15, 0.2) is 5.82 Å². The van der Waals surface area contributed by atoms with Gasteiger partial charge in [0.2, 0.25) is 0 Å². The van der Waals surface area contributed by atoms with Crippen LogP contribution in [0.25, 0.3) is 11.1 Å². The molecule has 5 rings (SSSR count). The van der Waals surface area contributed by atoms with Crippen LogP contribution in [0.2, 0.25) is 0 Å². The van der Waals surface area contributed by atoms with Crippen molar-refractivity contribution in [1.82, 2.24) is 20.1 Å². The summed E-state index contributed by atoms with van der Waals surface area (Å²) in [5.74, 6) is 0.820. The fraction of sp³-hybridized carbons (Fsp3) is 0.318. The number of nitrogens with zero attached hydrogens (tertiary/aromatic N) is 3. The maximum atomic E-state index is 12.8. The number of aliphatic hydroxyl groups excluding tert-OH is 1. The van der Waals surface area contributed by atoms with Crippen LogP contribution >= 0.6 is 0 Å². The van der Waals surface area contributed by atoms with E-state index < -0.39 is 6.10 Å². The number of aliphatic hydroxyl groups is 1. The SMILES string of the molecule is O=C(OCC1c2ccccc2-c2ccccc21)N1CCOC(c2n[nH]c(CO)n2)C1. The Kier molecular flexibility index (Phi) is 4.94. The average molecular weight is 406 g/mol. The minimum absolute atomic E-state index is 0.0262. The number of carbonyl (C=O) groups is 1. The summed E-state index contributed by atoms with van der Waals surface area (Å²) in [5.41, 5.74) is 4.77. The summed E-state index contributed by atoms with van der Waals surface area (Å²) >= 11 is 0. The highest BCUT2D eigenvalue weighted by atomic mass is 16.6. The summed E-state index contributed by atoms with van der Waals surface area (Å²) in [5, 5.41) is 15.9. The van der Waals surface area contributed by atoms with Gasteiger partial charge in [0.1, 0.15) is 25.1 Å². The molecule has 2 aliphatic rings. The van der Waals surface area contributed by atoms with Crippen LogP contribution in [0.5, 0.6) is 0 Å². The topological polar surface area (TPSA) is 101 Å². The summed E-state index contributed by atoms with van der Waals surface area (Å²) in [6.07, 6.45) is -0.820. The number of aromatic amines is 1. The van der Waals surface area contributed by atoms with Crippen molar-refractivity contribution < 1.29 is 19.4 Å². The predicted octanol–water partition coefficient (Wildman–Crippen LogP) is 2.62. The zero-order chi connectivity index (χ0) is 20.5. The van der Waals surface area contributed by atoms with Gasteiger partial charge in [-0.1, -0.05) is 48.5 Å². The number of H-pyrrole nitrogens is 1. The van der Waals surface area contributed by atoms with Gasteiger partial charge in [-0.3, -0.25) is 5.10 Å². The lowest BCUT2D eigenvalue weighted by molar-refractivity contribution is -0.0326. The number of nitrogens with one attached hydrogen (secondary N) is 1. The molecule has 0 radical (unpaired) electrons. The minimum atomic E-state index is -0.448. The Balaban J connectivity index is 1.27. The number of amides is 1. The third kappa shape index (κ3) is 3.34. The van der Waals surface area contributed by atoms with Crippen LogP contribution in [0.1, 0.15) is 34.8 Å². The third-order valence-electron chi connectivity index (χ3n) is 5.65. The molecule has 1 aliphatic carbocycles. The average Bonchev–Trinajstić information content (AvgIpc) is 3.41. The number of aromatic nitrogens is 3. The Labute approximate surface area is 173 Å². The molecule has 2 heterocycles. The van der Waals surface area contributed by atoms with Crippen LogP contribution in [0.3, 0.4) is 0 Å². The second-order valence-corrected chi connectivity index (χ2v) is 7.41. The summed E-state index contributed by atoms with van der Waals surface area (Å²) in [7, 11) is 0. The fourth-order valence-electron chi connectivity index (χ4n) is 4.18. The van der Waals surface area contributed by atoms with Crippen molar-refractivity contribution >= 4 is 6.09 Å². The number of morpholine rings is 1. The molecule has 2 aromatic carbocycles. The molecule has 0 saturated carbocycles. The Hall–Kier alpha value is -3.23. The molecule has 1 aromatic heterocycles. The maximum Gasteiger partial charge on any atom is 0.409 e. The Morgan fingerprint density at radius 2 is 1.87 bits per heavy atom. The zero-order valence-corrected chi connectivity index (χ0v) is 16.3. The summed E-state index contributed by atoms with van der Waals surface area (Å²) in [6.45, 7) is 1.18. The number of ether oxygens (including phenoxy) is 2. The molecule has 1 saturated heterocycles. The van der Waals surface area contributed by atoms with Crippen LogP contribution in [0, 0.1) is 0 Å². The number of fused-ring (bicyclic) bond motifs is 3. The van der Waals surface area contributed by atoms with E-state index in [0.29, 0.717) is 31.3 Å². The highest BCUT2D eigenvalue weighted by molar-refractivity contribution is 5.79. The molecule has 30 heavy (non-hydrogen) atoms. The van der Waals surface area contributed by atoms with Crippen LogP contribution < -0.4 is 0 Å². The Bertz CT molecular complexity index is 1020. The lowest BCUT2D eigenvalue weighted by atomic mass is 9.98. The van der Waals surface area contributed by atoms with Crippen molar-refractivity contribution in [3.8, 4) is 11.1 Å². The Morgan fingerprint density at radius 3 is 2.53 bits per heavy atom. The number of benzene rings is 2. The largest absolute Gasteiger partial charge is 0.448 e. The highest BCUT2D eigenvalue weighted by Crippen LogP contribution is 2.44. The number of hydrogen-bond acceptors (Lipinski definition) is 6. The van der Waals surface area contributed by atoms with E-state index in [1.165, 1.54) is 22.3 Å². The Morgan fingerprint density at radius 1 is 1.17 bits per heavy atom. The molecule has 2 N–H and O–H groups in total. The second kappa shape index (κ2) is 7.89. The van der Waals surface area contributed by atoms with Gasteiger partial charge in [0, 0.05) is 12.5 Å². The fourth-order valence-corrected chi connectivity index (χ4v) is 4.18. The standard InChI is InChI=1S/C22H22N4O4/c27-12-20-23-21(25-24-20)19-11-26(9-10-29-19)22(28)30-13-18-16-7-3-1-5-14(16)15-6-2-4-8-17(15)18/h1-8,18-19,27H,9-13H2,(H,23,24,25). The van der Waals surface area contributed by atoms with Crippen LogP contribution in [0.4, 0.5) is 4.79 Å². The first kappa shape index (κ1) is 18.8. The van der Waals surface area contributed by atoms with E-state index in [1.54, 1.807) is 4.90 Å². The molecule has 0 bridgehead atoms. The van der Waals surface area contributed by atoms with Crippen LogP contribution in [0.15, 0.2) is 48.5 Å². The molecular weight excluding hydrogens is 384 g/mol. The van der Waals surface area contributed by atoms with E-state index in [2.05, 4.69) is 39.4 Å². The van der Waals surface area contributed by atoms with E-state index in [0.717, 1.165) is 0 Å². The minimum Gasteiger partial charge on any atom is -0.448 e. The first-order valence-electron chi connectivity index (χ1n) is 9.98. The second-order valence-electron chi connectivity index (χ2n) is 7.41. The van der Waals surface area contributed by atoms with E-state index in [9.17, 15) is 4.79 Å². The van der Waals surface area contributed by atoms with Gasteiger partial charge in [0.05, 0.1) is 13.2 Å². The van der Waals surface area contributed by atoms with E-state index in [1.807, 2.05) is 24.3 Å². The molecule has 154 valence electrons. The molecule has 1 fully saturated rings. The first-order valence-corrected chi connectivity index (χ1v) is 9.98. The van der Waals surface area contributed by atoms with Crippen LogP contribution in [-0.4, -0.2) is 57.6 Å². The normalized spacial score (nSPS) is 18.2. The molecular formula is C22H22N4O4. The van der Waals surface area contributed by atoms with Crippen molar-refractivity contribution in [1.29, 1.82) is 0 Å². The van der Waals surface area contributed by atoms with Crippen molar-refractivity contribution in [2.24, 2.45) is 0 Å². The van der Waals surface area contributed by atoms with Crippen molar-refractivity contribution in [3.63, 3.8) is 0 Å². The molecule has 1 unspecified atom stereocenters. The van der Waals surface area contributed by atoms with Gasteiger partial charge >= 0.3 is 6.09 Å². The van der Waals surface area contributed by atoms with Gasteiger partial charge in [-0.2, -0.15) is 5.10 Å². The smallest absolute Gasteiger partial charge is 0.409 e. The molecule has 1 amide bonds. The zero-order valence-electron chi connectivity index (χ0n) is 16.3. The lowest BCUT2D eigenvalue weighted by Crippen LogP contribution is -2.43. The monoisotopic (exact) mass is 406 g/mol. The van der Waals surface area contributed by atoms with Gasteiger partial charge in [0.25, 0.3) is 0 Å². The summed E-state index contributed by atoms with van der Waals surface area (Å²) in [4.78, 5) is 18.6. The molecule has 8 heteroatoms. The molecule has 1 atom stereocenters. The maximum absolute atomic E-state index is 12.8. The third-order valence-corrected chi connectivity index (χ3v) is 5.65. The van der Waals surface area contributed by atoms with Crippen molar-refractivity contribution in [2.45, 2.75) is 18.6 Å². The van der Waals surface area contributed by atoms with Gasteiger partial charge in [-0.05, 0) is 22.3 Å². The summed E-state index contributed by atoms with van der Waals surface area (Å²) in [6, 6.07) is 16.5. The van der Waals surface area contributed by atoms with Crippen molar-refractivity contribution in [2.75, 3.05) is 26.3 Å². The summed E-state index contributed by atoms with van der Waals surface area (Å²) < 4.78 is 11.4. The van der Waals surface area contributed by atoms with Crippen molar-refractivity contribution in [3.05, 3.63) is 71.3 Å². The highest BCUT2D eigenvalue weighted by Gasteiger charge is 2.32. The van der Waals surface area contributed by atoms with Gasteiger partial charge in [-0.15, -0.1) is 0 Å². The molecule has 3 aromatic rings. The first-order chi connectivity index (χ1) is 14.7. The van der Waals surface area contributed by atoms with Crippen LogP contribution in [-0.2, 0) is 16.1 Å². The predicted molar refractivity (Wildman–Crippen MR) is 108 cm³/mol. The molecule has 1 aliphatic heterocycles. The number of rotatable bonds is 4. The number of carbonyl (C=O) groups excluding carboxylic acids is 1. The molecule has 0 spiro atoms. The van der Waals surface area contributed by atoms with E-state index in [-0.39, 0.29) is 25.2 Å². The van der Waals surface area contributed by atoms with E-state index in [4.69, 9.17) is 14.6 Å².